The van der Waals surface area contributed by atoms with Gasteiger partial charge in [0.15, 0.2) is 6.10 Å². The zero-order valence-electron chi connectivity index (χ0n) is 11.2. The number of rotatable bonds is 8. The Morgan fingerprint density at radius 1 is 1.30 bits per heavy atom. The first-order valence-corrected chi connectivity index (χ1v) is 7.90. The number of aliphatic hydroxyl groups is 1. The van der Waals surface area contributed by atoms with Gasteiger partial charge in [0.1, 0.15) is 0 Å². The van der Waals surface area contributed by atoms with Crippen molar-refractivity contribution in [3.8, 4) is 0 Å². The second kappa shape index (κ2) is 7.37. The van der Waals surface area contributed by atoms with Gasteiger partial charge in [0.25, 0.3) is 0 Å². The molecule has 0 aliphatic rings. The van der Waals surface area contributed by atoms with E-state index < -0.39 is 22.1 Å². The molecule has 0 amide bonds. The van der Waals surface area contributed by atoms with Crippen molar-refractivity contribution >= 4 is 16.0 Å². The molecular weight excluding hydrogens is 282 g/mol. The van der Waals surface area contributed by atoms with E-state index in [0.717, 1.165) is 5.56 Å². The SMILES string of the molecule is CC(CS(=O)(=O)NCCC(O)C(=O)O)c1ccccc1. The van der Waals surface area contributed by atoms with Crippen molar-refractivity contribution in [2.45, 2.75) is 25.4 Å². The third-order valence-corrected chi connectivity index (χ3v) is 4.45. The van der Waals surface area contributed by atoms with Crippen LogP contribution >= 0.6 is 0 Å². The van der Waals surface area contributed by atoms with Crippen LogP contribution in [0.2, 0.25) is 0 Å². The van der Waals surface area contributed by atoms with Crippen LogP contribution in [0.15, 0.2) is 30.3 Å². The third-order valence-electron chi connectivity index (χ3n) is 2.86. The zero-order valence-corrected chi connectivity index (χ0v) is 12.0. The molecule has 6 nitrogen and oxygen atoms in total. The Labute approximate surface area is 118 Å². The van der Waals surface area contributed by atoms with Crippen molar-refractivity contribution in [1.29, 1.82) is 0 Å². The smallest absolute Gasteiger partial charge is 0.332 e. The lowest BCUT2D eigenvalue weighted by atomic mass is 10.0. The number of sulfonamides is 1. The topological polar surface area (TPSA) is 104 Å². The van der Waals surface area contributed by atoms with Crippen LogP contribution < -0.4 is 4.72 Å². The Balaban J connectivity index is 2.47. The molecule has 0 heterocycles. The Kier molecular flexibility index (Phi) is 6.12. The van der Waals surface area contributed by atoms with Gasteiger partial charge >= 0.3 is 5.97 Å². The van der Waals surface area contributed by atoms with E-state index in [1.54, 1.807) is 6.92 Å². The number of hydrogen-bond donors (Lipinski definition) is 3. The molecule has 112 valence electrons. The van der Waals surface area contributed by atoms with Crippen LogP contribution in [-0.2, 0) is 14.8 Å². The standard InChI is InChI=1S/C13H19NO5S/c1-10(11-5-3-2-4-6-11)9-20(18,19)14-8-7-12(15)13(16)17/h2-6,10,12,14-15H,7-9H2,1H3,(H,16,17). The van der Waals surface area contributed by atoms with E-state index in [9.17, 15) is 13.2 Å². The van der Waals surface area contributed by atoms with Gasteiger partial charge in [-0.1, -0.05) is 37.3 Å². The molecule has 0 saturated heterocycles. The summed E-state index contributed by atoms with van der Waals surface area (Å²) < 4.78 is 25.9. The summed E-state index contributed by atoms with van der Waals surface area (Å²) in [6, 6.07) is 9.25. The van der Waals surface area contributed by atoms with Gasteiger partial charge in [-0.3, -0.25) is 0 Å². The summed E-state index contributed by atoms with van der Waals surface area (Å²) in [5.74, 6) is -1.61. The molecule has 0 aliphatic carbocycles. The summed E-state index contributed by atoms with van der Waals surface area (Å²) in [6.07, 6.45) is -1.71. The summed E-state index contributed by atoms with van der Waals surface area (Å²) in [5, 5.41) is 17.5. The number of hydrogen-bond acceptors (Lipinski definition) is 4. The first kappa shape index (κ1) is 16.6. The van der Waals surface area contributed by atoms with Gasteiger partial charge in [-0.05, 0) is 17.9 Å². The Morgan fingerprint density at radius 3 is 2.45 bits per heavy atom. The molecule has 0 aliphatic heterocycles. The molecule has 0 saturated carbocycles. The van der Waals surface area contributed by atoms with Crippen LogP contribution in [0.1, 0.15) is 24.8 Å². The molecule has 0 aromatic heterocycles. The predicted molar refractivity (Wildman–Crippen MR) is 74.9 cm³/mol. The highest BCUT2D eigenvalue weighted by Crippen LogP contribution is 2.16. The van der Waals surface area contributed by atoms with E-state index in [2.05, 4.69) is 4.72 Å². The Morgan fingerprint density at radius 2 is 1.90 bits per heavy atom. The monoisotopic (exact) mass is 301 g/mol. The lowest BCUT2D eigenvalue weighted by Crippen LogP contribution is -2.32. The number of carboxylic acid groups (broad SMARTS) is 1. The van der Waals surface area contributed by atoms with E-state index in [-0.39, 0.29) is 24.6 Å². The lowest BCUT2D eigenvalue weighted by molar-refractivity contribution is -0.146. The lowest BCUT2D eigenvalue weighted by Gasteiger charge is -2.13. The molecule has 0 spiro atoms. The summed E-state index contributed by atoms with van der Waals surface area (Å²) in [4.78, 5) is 10.4. The van der Waals surface area contributed by atoms with Gasteiger partial charge in [0, 0.05) is 6.54 Å². The van der Waals surface area contributed by atoms with E-state index in [4.69, 9.17) is 10.2 Å². The average molecular weight is 301 g/mol. The predicted octanol–water partition coefficient (Wildman–Crippen LogP) is 0.545. The first-order chi connectivity index (χ1) is 9.32. The summed E-state index contributed by atoms with van der Waals surface area (Å²) >= 11 is 0. The van der Waals surface area contributed by atoms with Crippen LogP contribution in [0.4, 0.5) is 0 Å². The van der Waals surface area contributed by atoms with Crippen molar-refractivity contribution in [2.24, 2.45) is 0 Å². The van der Waals surface area contributed by atoms with Crippen molar-refractivity contribution < 1.29 is 23.4 Å². The zero-order chi connectivity index (χ0) is 15.2. The Hall–Kier alpha value is -1.44. The maximum Gasteiger partial charge on any atom is 0.332 e. The van der Waals surface area contributed by atoms with Crippen molar-refractivity contribution in [3.05, 3.63) is 35.9 Å². The van der Waals surface area contributed by atoms with Crippen LogP contribution in [0, 0.1) is 0 Å². The number of benzene rings is 1. The number of aliphatic carboxylic acids is 1. The highest BCUT2D eigenvalue weighted by Gasteiger charge is 2.18. The number of carbonyl (C=O) groups is 1. The van der Waals surface area contributed by atoms with Crippen molar-refractivity contribution in [2.75, 3.05) is 12.3 Å². The van der Waals surface area contributed by atoms with E-state index in [0.29, 0.717) is 0 Å². The van der Waals surface area contributed by atoms with E-state index in [1.165, 1.54) is 0 Å². The molecular formula is C13H19NO5S. The highest BCUT2D eigenvalue weighted by molar-refractivity contribution is 7.89. The van der Waals surface area contributed by atoms with Crippen LogP contribution in [0.3, 0.4) is 0 Å². The molecule has 0 fully saturated rings. The van der Waals surface area contributed by atoms with Gasteiger partial charge in [-0.15, -0.1) is 0 Å². The second-order valence-electron chi connectivity index (χ2n) is 4.63. The number of carboxylic acids is 1. The number of aliphatic hydroxyl groups excluding tert-OH is 1. The van der Waals surface area contributed by atoms with Gasteiger partial charge < -0.3 is 10.2 Å². The van der Waals surface area contributed by atoms with Gasteiger partial charge in [-0.2, -0.15) is 0 Å². The number of nitrogens with one attached hydrogen (secondary N) is 1. The molecule has 20 heavy (non-hydrogen) atoms. The molecule has 1 aromatic carbocycles. The van der Waals surface area contributed by atoms with Crippen LogP contribution in [0.25, 0.3) is 0 Å². The molecule has 1 rings (SSSR count). The molecule has 2 unspecified atom stereocenters. The van der Waals surface area contributed by atoms with Gasteiger partial charge in [-0.25, -0.2) is 17.9 Å². The van der Waals surface area contributed by atoms with E-state index >= 15 is 0 Å². The van der Waals surface area contributed by atoms with Crippen molar-refractivity contribution in [1.82, 2.24) is 4.72 Å². The van der Waals surface area contributed by atoms with Crippen LogP contribution in [0.5, 0.6) is 0 Å². The minimum absolute atomic E-state index is 0.0832. The fourth-order valence-corrected chi connectivity index (χ4v) is 3.14. The Bertz CT molecular complexity index is 529. The van der Waals surface area contributed by atoms with Crippen molar-refractivity contribution in [3.63, 3.8) is 0 Å². The molecule has 3 N–H and O–H groups in total. The average Bonchev–Trinajstić information content (AvgIpc) is 2.38. The van der Waals surface area contributed by atoms with Gasteiger partial charge in [0.2, 0.25) is 10.0 Å². The molecule has 0 radical (unpaired) electrons. The van der Waals surface area contributed by atoms with Crippen LogP contribution in [-0.4, -0.2) is 43.0 Å². The summed E-state index contributed by atoms with van der Waals surface area (Å²) in [7, 11) is -3.50. The maximum atomic E-state index is 11.8. The minimum atomic E-state index is -3.50. The maximum absolute atomic E-state index is 11.8. The quantitative estimate of drug-likeness (QED) is 0.650. The molecule has 2 atom stereocenters. The van der Waals surface area contributed by atoms with E-state index in [1.807, 2.05) is 30.3 Å². The minimum Gasteiger partial charge on any atom is -0.479 e. The van der Waals surface area contributed by atoms with Gasteiger partial charge in [0.05, 0.1) is 5.75 Å². The fourth-order valence-electron chi connectivity index (χ4n) is 1.74. The third kappa shape index (κ3) is 5.68. The first-order valence-electron chi connectivity index (χ1n) is 6.25. The summed E-state index contributed by atoms with van der Waals surface area (Å²) in [5.41, 5.74) is 0.920. The fraction of sp³-hybridized carbons (Fsp3) is 0.462. The highest BCUT2D eigenvalue weighted by atomic mass is 32.2. The molecule has 7 heteroatoms. The summed E-state index contributed by atoms with van der Waals surface area (Å²) in [6.45, 7) is 1.71. The normalized spacial score (nSPS) is 14.7. The largest absolute Gasteiger partial charge is 0.479 e. The molecule has 0 bridgehead atoms. The molecule has 1 aromatic rings. The second-order valence-corrected chi connectivity index (χ2v) is 6.48.